The summed E-state index contributed by atoms with van der Waals surface area (Å²) in [6, 6.07) is 13.7. The predicted octanol–water partition coefficient (Wildman–Crippen LogP) is 3.76. The van der Waals surface area contributed by atoms with E-state index in [0.29, 0.717) is 35.8 Å². The molecule has 0 amide bonds. The van der Waals surface area contributed by atoms with E-state index in [1.807, 2.05) is 24.3 Å². The van der Waals surface area contributed by atoms with Crippen LogP contribution in [0.3, 0.4) is 0 Å². The number of nitriles is 1. The molecule has 0 spiro atoms. The Bertz CT molecular complexity index is 982. The van der Waals surface area contributed by atoms with Crippen molar-refractivity contribution < 1.29 is 13.9 Å². The minimum atomic E-state index is -0.463. The number of nitrogens with zero attached hydrogens (tertiary/aromatic N) is 2. The lowest BCUT2D eigenvalue weighted by atomic mass is 10.1. The summed E-state index contributed by atoms with van der Waals surface area (Å²) in [4.78, 5) is 4.04. The lowest BCUT2D eigenvalue weighted by molar-refractivity contribution is 0.171. The Kier molecular flexibility index (Phi) is 3.39. The molecule has 6 heteroatoms. The van der Waals surface area contributed by atoms with Gasteiger partial charge in [0.15, 0.2) is 11.5 Å². The second-order valence-electron chi connectivity index (χ2n) is 5.29. The van der Waals surface area contributed by atoms with Crippen molar-refractivity contribution in [2.45, 2.75) is 0 Å². The van der Waals surface area contributed by atoms with Gasteiger partial charge in [-0.05, 0) is 24.3 Å². The zero-order valence-corrected chi connectivity index (χ0v) is 12.5. The highest BCUT2D eigenvalue weighted by Gasteiger charge is 2.13. The van der Waals surface area contributed by atoms with Crippen LogP contribution in [0.25, 0.3) is 10.9 Å². The summed E-state index contributed by atoms with van der Waals surface area (Å²) in [6.07, 6.45) is 0. The highest BCUT2D eigenvalue weighted by molar-refractivity contribution is 5.94. The molecule has 24 heavy (non-hydrogen) atoms. The van der Waals surface area contributed by atoms with Gasteiger partial charge < -0.3 is 14.8 Å². The van der Waals surface area contributed by atoms with Gasteiger partial charge in [-0.15, -0.1) is 0 Å². The maximum atomic E-state index is 14.0. The lowest BCUT2D eigenvalue weighted by Crippen LogP contribution is -2.15. The van der Waals surface area contributed by atoms with Crippen LogP contribution in [0.4, 0.5) is 15.8 Å². The minimum absolute atomic E-state index is 0.146. The number of hydrogen-bond donors (Lipinski definition) is 1. The van der Waals surface area contributed by atoms with Crippen LogP contribution in [-0.2, 0) is 0 Å². The van der Waals surface area contributed by atoms with Gasteiger partial charge in [0.1, 0.15) is 36.3 Å². The van der Waals surface area contributed by atoms with Crippen molar-refractivity contribution in [2.24, 2.45) is 0 Å². The normalized spacial score (nSPS) is 12.7. The third-order valence-corrected chi connectivity index (χ3v) is 3.73. The molecule has 1 aliphatic heterocycles. The van der Waals surface area contributed by atoms with E-state index in [4.69, 9.17) is 14.7 Å². The topological polar surface area (TPSA) is 67.2 Å². The van der Waals surface area contributed by atoms with Gasteiger partial charge in [0.05, 0.1) is 5.69 Å². The number of benzene rings is 2. The van der Waals surface area contributed by atoms with Crippen LogP contribution in [0, 0.1) is 17.1 Å². The second-order valence-corrected chi connectivity index (χ2v) is 5.29. The van der Waals surface area contributed by atoms with Gasteiger partial charge in [0.25, 0.3) is 0 Å². The molecular weight excluding hydrogens is 309 g/mol. The van der Waals surface area contributed by atoms with Gasteiger partial charge in [0, 0.05) is 17.1 Å². The summed E-state index contributed by atoms with van der Waals surface area (Å²) in [5.41, 5.74) is 1.66. The van der Waals surface area contributed by atoms with Crippen molar-refractivity contribution in [3.05, 3.63) is 54.0 Å². The Morgan fingerprint density at radius 3 is 2.75 bits per heavy atom. The molecule has 0 fully saturated rings. The first-order chi connectivity index (χ1) is 11.7. The van der Waals surface area contributed by atoms with Crippen molar-refractivity contribution in [3.63, 3.8) is 0 Å². The van der Waals surface area contributed by atoms with Gasteiger partial charge in [-0.3, -0.25) is 0 Å². The molecule has 4 rings (SSSR count). The number of para-hydroxylation sites is 1. The Labute approximate surface area is 137 Å². The molecule has 2 heterocycles. The summed E-state index contributed by atoms with van der Waals surface area (Å²) in [6.45, 7) is 1.03. The van der Waals surface area contributed by atoms with Gasteiger partial charge >= 0.3 is 0 Å². The number of fused-ring (bicyclic) bond motifs is 2. The second kappa shape index (κ2) is 5.70. The van der Waals surface area contributed by atoms with Gasteiger partial charge in [0.2, 0.25) is 0 Å². The average Bonchev–Trinajstić information content (AvgIpc) is 2.62. The van der Waals surface area contributed by atoms with Crippen molar-refractivity contribution in [3.8, 4) is 17.6 Å². The highest BCUT2D eigenvalue weighted by atomic mass is 19.1. The first-order valence-corrected chi connectivity index (χ1v) is 7.40. The summed E-state index contributed by atoms with van der Waals surface area (Å²) < 4.78 is 25.1. The van der Waals surface area contributed by atoms with Crippen molar-refractivity contribution in [1.29, 1.82) is 5.26 Å². The molecule has 2 aromatic carbocycles. The SMILES string of the molecule is N#Cc1cc(Nc2ccc3c(c2)OCCO3)c2cccc(F)c2n1. The number of anilines is 2. The number of hydrogen-bond acceptors (Lipinski definition) is 5. The van der Waals surface area contributed by atoms with E-state index in [0.717, 1.165) is 5.69 Å². The van der Waals surface area contributed by atoms with Crippen LogP contribution >= 0.6 is 0 Å². The van der Waals surface area contributed by atoms with Crippen molar-refractivity contribution in [1.82, 2.24) is 4.98 Å². The van der Waals surface area contributed by atoms with E-state index >= 15 is 0 Å². The van der Waals surface area contributed by atoms with Crippen LogP contribution in [0.15, 0.2) is 42.5 Å². The average molecular weight is 321 g/mol. The highest BCUT2D eigenvalue weighted by Crippen LogP contribution is 2.35. The molecule has 0 aliphatic carbocycles. The molecule has 1 aliphatic rings. The van der Waals surface area contributed by atoms with Crippen molar-refractivity contribution in [2.75, 3.05) is 18.5 Å². The zero-order valence-electron chi connectivity index (χ0n) is 12.5. The smallest absolute Gasteiger partial charge is 0.163 e. The fourth-order valence-electron chi connectivity index (χ4n) is 2.65. The summed E-state index contributed by atoms with van der Waals surface area (Å²) in [5, 5.41) is 12.9. The number of pyridine rings is 1. The largest absolute Gasteiger partial charge is 0.486 e. The number of halogens is 1. The Morgan fingerprint density at radius 1 is 1.08 bits per heavy atom. The third kappa shape index (κ3) is 2.46. The maximum Gasteiger partial charge on any atom is 0.163 e. The number of nitrogens with one attached hydrogen (secondary N) is 1. The van der Waals surface area contributed by atoms with Crippen LogP contribution in [0.5, 0.6) is 11.5 Å². The fraction of sp³-hybridized carbons (Fsp3) is 0.111. The molecule has 0 saturated heterocycles. The van der Waals surface area contributed by atoms with E-state index in [1.54, 1.807) is 18.2 Å². The lowest BCUT2D eigenvalue weighted by Gasteiger charge is -2.19. The predicted molar refractivity (Wildman–Crippen MR) is 87.1 cm³/mol. The van der Waals surface area contributed by atoms with Crippen LogP contribution in [0.2, 0.25) is 0 Å². The Balaban J connectivity index is 1.79. The van der Waals surface area contributed by atoms with Crippen LogP contribution in [-0.4, -0.2) is 18.2 Å². The number of aromatic nitrogens is 1. The minimum Gasteiger partial charge on any atom is -0.486 e. The first-order valence-electron chi connectivity index (χ1n) is 7.40. The van der Waals surface area contributed by atoms with Gasteiger partial charge in [-0.25, -0.2) is 9.37 Å². The quantitative estimate of drug-likeness (QED) is 0.778. The molecule has 3 aromatic rings. The Hall–Kier alpha value is -3.33. The molecule has 0 atom stereocenters. The standard InChI is InChI=1S/C18H12FN3O2/c19-14-3-1-2-13-15(8-12(10-20)22-18(13)14)21-11-4-5-16-17(9-11)24-7-6-23-16/h1-5,8-9H,6-7H2,(H,21,22). The molecule has 1 aromatic heterocycles. The van der Waals surface area contributed by atoms with Crippen LogP contribution in [0.1, 0.15) is 5.69 Å². The van der Waals surface area contributed by atoms with Gasteiger partial charge in [-0.1, -0.05) is 12.1 Å². The molecule has 5 nitrogen and oxygen atoms in total. The number of rotatable bonds is 2. The molecule has 118 valence electrons. The molecule has 0 radical (unpaired) electrons. The molecule has 1 N–H and O–H groups in total. The Morgan fingerprint density at radius 2 is 1.92 bits per heavy atom. The zero-order chi connectivity index (χ0) is 16.5. The van der Waals surface area contributed by atoms with E-state index < -0.39 is 5.82 Å². The van der Waals surface area contributed by atoms with E-state index in [9.17, 15) is 4.39 Å². The first kappa shape index (κ1) is 14.3. The molecule has 0 bridgehead atoms. The van der Waals surface area contributed by atoms with Crippen LogP contribution < -0.4 is 14.8 Å². The third-order valence-electron chi connectivity index (χ3n) is 3.73. The summed E-state index contributed by atoms with van der Waals surface area (Å²) >= 11 is 0. The van der Waals surface area contributed by atoms with Crippen molar-refractivity contribution >= 4 is 22.3 Å². The van der Waals surface area contributed by atoms with Gasteiger partial charge in [-0.2, -0.15) is 5.26 Å². The number of ether oxygens (including phenoxy) is 2. The fourth-order valence-corrected chi connectivity index (χ4v) is 2.65. The van der Waals surface area contributed by atoms with E-state index in [2.05, 4.69) is 10.3 Å². The van der Waals surface area contributed by atoms with E-state index in [-0.39, 0.29) is 11.2 Å². The summed E-state index contributed by atoms with van der Waals surface area (Å²) in [5.74, 6) is 0.876. The summed E-state index contributed by atoms with van der Waals surface area (Å²) in [7, 11) is 0. The molecular formula is C18H12FN3O2. The molecule has 0 saturated carbocycles. The monoisotopic (exact) mass is 321 g/mol. The maximum absolute atomic E-state index is 14.0. The van der Waals surface area contributed by atoms with E-state index in [1.165, 1.54) is 6.07 Å². The molecule has 0 unspecified atom stereocenters.